The topological polar surface area (TPSA) is 71.8 Å². The molecule has 1 rings (SSSR count). The van der Waals surface area contributed by atoms with Gasteiger partial charge >= 0.3 is 0 Å². The first-order valence-corrected chi connectivity index (χ1v) is 6.69. The van der Waals surface area contributed by atoms with Crippen molar-refractivity contribution in [2.45, 2.75) is 20.3 Å². The molecule has 0 saturated heterocycles. The third-order valence-corrected chi connectivity index (χ3v) is 3.00. The van der Waals surface area contributed by atoms with Crippen LogP contribution in [0.5, 0.6) is 0 Å². The first kappa shape index (κ1) is 16.2. The van der Waals surface area contributed by atoms with E-state index in [4.69, 9.17) is 9.15 Å². The summed E-state index contributed by atoms with van der Waals surface area (Å²) in [5, 5.41) is 2.73. The van der Waals surface area contributed by atoms with E-state index in [1.165, 1.54) is 6.26 Å². The Bertz CT molecular complexity index is 442. The molecule has 1 aromatic heterocycles. The lowest BCUT2D eigenvalue weighted by molar-refractivity contribution is -0.121. The molecule has 0 aliphatic carbocycles. The molecule has 0 aromatic carbocycles. The van der Waals surface area contributed by atoms with E-state index in [1.54, 1.807) is 25.0 Å². The van der Waals surface area contributed by atoms with Crippen LogP contribution in [0.2, 0.25) is 0 Å². The fraction of sp³-hybridized carbons (Fsp3) is 0.571. The number of ether oxygens (including phenoxy) is 1. The molecule has 0 fully saturated rings. The number of nitrogens with zero attached hydrogens (tertiary/aromatic N) is 1. The van der Waals surface area contributed by atoms with Crippen LogP contribution in [0.4, 0.5) is 0 Å². The average Bonchev–Trinajstić information content (AvgIpc) is 2.85. The Hall–Kier alpha value is -1.82. The van der Waals surface area contributed by atoms with Gasteiger partial charge in [-0.05, 0) is 19.9 Å². The van der Waals surface area contributed by atoms with E-state index >= 15 is 0 Å². The van der Waals surface area contributed by atoms with Crippen molar-refractivity contribution in [2.75, 3.05) is 33.4 Å². The maximum atomic E-state index is 12.2. The van der Waals surface area contributed by atoms with Crippen LogP contribution in [0, 0.1) is 6.92 Å². The number of hydrogen-bond acceptors (Lipinski definition) is 4. The second kappa shape index (κ2) is 8.37. The zero-order chi connectivity index (χ0) is 15.0. The smallest absolute Gasteiger partial charge is 0.257 e. The van der Waals surface area contributed by atoms with Gasteiger partial charge in [0.2, 0.25) is 5.91 Å². The highest BCUT2D eigenvalue weighted by Crippen LogP contribution is 2.12. The Kier molecular flexibility index (Phi) is 6.79. The largest absolute Gasteiger partial charge is 0.469 e. The van der Waals surface area contributed by atoms with Gasteiger partial charge in [-0.3, -0.25) is 9.59 Å². The Balaban J connectivity index is 2.45. The van der Waals surface area contributed by atoms with Gasteiger partial charge in [0, 0.05) is 33.2 Å². The summed E-state index contributed by atoms with van der Waals surface area (Å²) < 4.78 is 9.98. The average molecular weight is 282 g/mol. The number of aryl methyl sites for hydroxylation is 1. The Morgan fingerprint density at radius 3 is 2.75 bits per heavy atom. The van der Waals surface area contributed by atoms with E-state index in [-0.39, 0.29) is 18.2 Å². The van der Waals surface area contributed by atoms with Crippen molar-refractivity contribution in [1.29, 1.82) is 0 Å². The normalized spacial score (nSPS) is 10.3. The fourth-order valence-corrected chi connectivity index (χ4v) is 1.80. The van der Waals surface area contributed by atoms with Crippen molar-refractivity contribution < 1.29 is 18.7 Å². The van der Waals surface area contributed by atoms with Crippen molar-refractivity contribution >= 4 is 11.8 Å². The van der Waals surface area contributed by atoms with Crippen LogP contribution in [0.3, 0.4) is 0 Å². The van der Waals surface area contributed by atoms with Gasteiger partial charge in [0.25, 0.3) is 5.91 Å². The molecule has 1 N–H and O–H groups in total. The molecule has 0 saturated carbocycles. The third kappa shape index (κ3) is 4.70. The maximum absolute atomic E-state index is 12.2. The van der Waals surface area contributed by atoms with Gasteiger partial charge in [-0.1, -0.05) is 0 Å². The van der Waals surface area contributed by atoms with Crippen LogP contribution in [-0.4, -0.2) is 50.1 Å². The first-order valence-electron chi connectivity index (χ1n) is 6.69. The quantitative estimate of drug-likeness (QED) is 0.727. The Morgan fingerprint density at radius 1 is 1.45 bits per heavy atom. The summed E-state index contributed by atoms with van der Waals surface area (Å²) in [7, 11) is 1.58. The fourth-order valence-electron chi connectivity index (χ4n) is 1.80. The minimum absolute atomic E-state index is 0.0859. The van der Waals surface area contributed by atoms with Crippen molar-refractivity contribution in [2.24, 2.45) is 0 Å². The molecule has 0 spiro atoms. The Morgan fingerprint density at radius 2 is 2.20 bits per heavy atom. The van der Waals surface area contributed by atoms with Crippen LogP contribution in [0.25, 0.3) is 0 Å². The first-order chi connectivity index (χ1) is 9.60. The molecule has 1 aromatic rings. The summed E-state index contributed by atoms with van der Waals surface area (Å²) >= 11 is 0. The van der Waals surface area contributed by atoms with Crippen LogP contribution in [-0.2, 0) is 9.53 Å². The number of furan rings is 1. The number of rotatable bonds is 8. The van der Waals surface area contributed by atoms with Gasteiger partial charge in [-0.25, -0.2) is 0 Å². The van der Waals surface area contributed by atoms with E-state index in [0.29, 0.717) is 37.6 Å². The predicted octanol–water partition coefficient (Wildman–Crippen LogP) is 1.20. The second-order valence-corrected chi connectivity index (χ2v) is 4.37. The number of methoxy groups -OCH3 is 1. The number of amides is 2. The molecule has 0 bridgehead atoms. The van der Waals surface area contributed by atoms with E-state index < -0.39 is 0 Å². The number of nitrogens with one attached hydrogen (secondary N) is 1. The Labute approximate surface area is 119 Å². The van der Waals surface area contributed by atoms with E-state index in [9.17, 15) is 9.59 Å². The van der Waals surface area contributed by atoms with E-state index in [0.717, 1.165) is 0 Å². The zero-order valence-electron chi connectivity index (χ0n) is 12.3. The maximum Gasteiger partial charge on any atom is 0.257 e. The summed E-state index contributed by atoms with van der Waals surface area (Å²) in [4.78, 5) is 25.5. The van der Waals surface area contributed by atoms with Crippen LogP contribution in [0.1, 0.15) is 29.5 Å². The van der Waals surface area contributed by atoms with Gasteiger partial charge in [-0.2, -0.15) is 0 Å². The van der Waals surface area contributed by atoms with Crippen molar-refractivity contribution in [3.05, 3.63) is 23.7 Å². The van der Waals surface area contributed by atoms with E-state index in [1.807, 2.05) is 6.92 Å². The molecular weight excluding hydrogens is 260 g/mol. The van der Waals surface area contributed by atoms with Crippen molar-refractivity contribution in [3.8, 4) is 0 Å². The molecule has 112 valence electrons. The minimum atomic E-state index is -0.108. The van der Waals surface area contributed by atoms with Crippen molar-refractivity contribution in [1.82, 2.24) is 10.2 Å². The summed E-state index contributed by atoms with van der Waals surface area (Å²) in [6.45, 7) is 5.54. The SMILES string of the molecule is CCN(CCC(=O)NCCOC)C(=O)c1ccoc1C. The van der Waals surface area contributed by atoms with Crippen LogP contribution < -0.4 is 5.32 Å². The summed E-state index contributed by atoms with van der Waals surface area (Å²) in [5.41, 5.74) is 0.548. The molecular formula is C14H22N2O4. The molecule has 0 aliphatic heterocycles. The molecule has 1 heterocycles. The lowest BCUT2D eigenvalue weighted by atomic mass is 10.2. The van der Waals surface area contributed by atoms with Crippen molar-refractivity contribution in [3.63, 3.8) is 0 Å². The van der Waals surface area contributed by atoms with Gasteiger partial charge in [0.15, 0.2) is 0 Å². The number of carbonyl (C=O) groups excluding carboxylic acids is 2. The summed E-state index contributed by atoms with van der Waals surface area (Å²) in [6.07, 6.45) is 1.77. The van der Waals surface area contributed by atoms with Gasteiger partial charge < -0.3 is 19.4 Å². The summed E-state index contributed by atoms with van der Waals surface area (Å²) in [5.74, 6) is 0.402. The number of carbonyl (C=O) groups is 2. The molecule has 0 radical (unpaired) electrons. The molecule has 20 heavy (non-hydrogen) atoms. The van der Waals surface area contributed by atoms with Gasteiger partial charge in [0.1, 0.15) is 5.76 Å². The summed E-state index contributed by atoms with van der Waals surface area (Å²) in [6, 6.07) is 1.65. The molecule has 0 aliphatic rings. The molecule has 6 nitrogen and oxygen atoms in total. The van der Waals surface area contributed by atoms with Gasteiger partial charge in [-0.15, -0.1) is 0 Å². The molecule has 6 heteroatoms. The molecule has 0 atom stereocenters. The van der Waals surface area contributed by atoms with Crippen LogP contribution in [0.15, 0.2) is 16.7 Å². The predicted molar refractivity (Wildman–Crippen MR) is 74.5 cm³/mol. The number of hydrogen-bond donors (Lipinski definition) is 1. The van der Waals surface area contributed by atoms with Crippen LogP contribution >= 0.6 is 0 Å². The standard InChI is InChI=1S/C14H22N2O4/c1-4-16(8-5-13(17)15-7-10-19-3)14(18)12-6-9-20-11(12)2/h6,9H,4-5,7-8,10H2,1-3H3,(H,15,17). The van der Waals surface area contributed by atoms with E-state index in [2.05, 4.69) is 5.32 Å². The minimum Gasteiger partial charge on any atom is -0.469 e. The molecule has 0 unspecified atom stereocenters. The lowest BCUT2D eigenvalue weighted by Gasteiger charge is -2.20. The highest BCUT2D eigenvalue weighted by molar-refractivity contribution is 5.95. The second-order valence-electron chi connectivity index (χ2n) is 4.37. The lowest BCUT2D eigenvalue weighted by Crippen LogP contribution is -2.36. The highest BCUT2D eigenvalue weighted by Gasteiger charge is 2.18. The van der Waals surface area contributed by atoms with Gasteiger partial charge in [0.05, 0.1) is 18.4 Å². The third-order valence-electron chi connectivity index (χ3n) is 3.00. The monoisotopic (exact) mass is 282 g/mol. The molecule has 2 amide bonds. The highest BCUT2D eigenvalue weighted by atomic mass is 16.5. The zero-order valence-corrected chi connectivity index (χ0v) is 12.3.